The summed E-state index contributed by atoms with van der Waals surface area (Å²) in [6.07, 6.45) is 7.06. The Kier molecular flexibility index (Phi) is 3.33. The molecule has 1 aliphatic rings. The fourth-order valence-corrected chi connectivity index (χ4v) is 3.53. The van der Waals surface area contributed by atoms with E-state index in [0.29, 0.717) is 0 Å². The molecule has 0 fully saturated rings. The molecule has 0 aliphatic heterocycles. The molecule has 0 aromatic rings. The van der Waals surface area contributed by atoms with Crippen molar-refractivity contribution in [2.24, 2.45) is 0 Å². The van der Waals surface area contributed by atoms with Gasteiger partial charge in [-0.2, -0.15) is 0 Å². The van der Waals surface area contributed by atoms with Crippen LogP contribution in [0, 0.1) is 6.08 Å². The second-order valence-electron chi connectivity index (χ2n) is 3.70. The molecule has 0 atom stereocenters. The van der Waals surface area contributed by atoms with Crippen molar-refractivity contribution in [3.8, 4) is 0 Å². The molecule has 0 spiro atoms. The molecule has 0 nitrogen and oxygen atoms in total. The van der Waals surface area contributed by atoms with Gasteiger partial charge in [-0.25, -0.2) is 0 Å². The standard InChI is InChI=1S/C11H19Si/c1-5-9-7-8-11(12(3)4)10(9)6-2/h12H,5-6,8H2,1-4H3. The monoisotopic (exact) mass is 179 g/mol. The maximum Gasteiger partial charge on any atom is 0.0603 e. The van der Waals surface area contributed by atoms with Crippen molar-refractivity contribution in [1.29, 1.82) is 0 Å². The van der Waals surface area contributed by atoms with Crippen molar-refractivity contribution in [1.82, 2.24) is 0 Å². The summed E-state index contributed by atoms with van der Waals surface area (Å²) in [7, 11) is -0.555. The maximum atomic E-state index is 3.52. The number of hydrogen-bond donors (Lipinski definition) is 0. The summed E-state index contributed by atoms with van der Waals surface area (Å²) in [6, 6.07) is 0. The Bertz CT molecular complexity index is 221. The van der Waals surface area contributed by atoms with Gasteiger partial charge in [-0.15, -0.1) is 0 Å². The molecule has 1 rings (SSSR count). The van der Waals surface area contributed by atoms with Gasteiger partial charge < -0.3 is 0 Å². The van der Waals surface area contributed by atoms with Crippen molar-refractivity contribution < 1.29 is 0 Å². The Morgan fingerprint density at radius 2 is 1.92 bits per heavy atom. The zero-order valence-corrected chi connectivity index (χ0v) is 9.85. The first kappa shape index (κ1) is 9.78. The van der Waals surface area contributed by atoms with E-state index in [0.717, 1.165) is 6.42 Å². The third kappa shape index (κ3) is 1.71. The molecule has 0 heterocycles. The molecular formula is C11H19Si. The molecule has 1 heteroatoms. The van der Waals surface area contributed by atoms with Gasteiger partial charge in [0, 0.05) is 0 Å². The highest BCUT2D eigenvalue weighted by Crippen LogP contribution is 2.31. The highest BCUT2D eigenvalue weighted by molar-refractivity contribution is 6.64. The Morgan fingerprint density at radius 3 is 2.33 bits per heavy atom. The summed E-state index contributed by atoms with van der Waals surface area (Å²) in [5.74, 6) is 0. The molecule has 0 amide bonds. The molecule has 0 saturated heterocycles. The molecule has 1 aliphatic carbocycles. The first-order chi connectivity index (χ1) is 5.70. The molecular weight excluding hydrogens is 160 g/mol. The lowest BCUT2D eigenvalue weighted by molar-refractivity contribution is 1.03. The fraction of sp³-hybridized carbons (Fsp3) is 0.636. The first-order valence-electron chi connectivity index (χ1n) is 5.02. The van der Waals surface area contributed by atoms with Crippen LogP contribution in [0.25, 0.3) is 0 Å². The first-order valence-corrected chi connectivity index (χ1v) is 7.91. The van der Waals surface area contributed by atoms with Crippen molar-refractivity contribution >= 4 is 8.80 Å². The van der Waals surface area contributed by atoms with Crippen LogP contribution in [-0.2, 0) is 0 Å². The van der Waals surface area contributed by atoms with E-state index in [1.807, 2.05) is 0 Å². The second-order valence-corrected chi connectivity index (χ2v) is 6.70. The Hall–Kier alpha value is -0.303. The van der Waals surface area contributed by atoms with E-state index < -0.39 is 8.80 Å². The topological polar surface area (TPSA) is 0 Å². The highest BCUT2D eigenvalue weighted by Gasteiger charge is 2.17. The zero-order valence-electron chi connectivity index (χ0n) is 8.70. The Labute approximate surface area is 78.0 Å². The SMILES string of the molecule is CCC1=[C]CC([SiH](C)C)=C1CC. The van der Waals surface area contributed by atoms with Crippen LogP contribution in [0.4, 0.5) is 0 Å². The molecule has 0 aromatic heterocycles. The van der Waals surface area contributed by atoms with Crippen LogP contribution < -0.4 is 0 Å². The van der Waals surface area contributed by atoms with E-state index in [-0.39, 0.29) is 0 Å². The average molecular weight is 179 g/mol. The molecule has 12 heavy (non-hydrogen) atoms. The van der Waals surface area contributed by atoms with Gasteiger partial charge in [0.05, 0.1) is 8.80 Å². The summed E-state index contributed by atoms with van der Waals surface area (Å²) in [4.78, 5) is 0. The number of allylic oxidation sites excluding steroid dienone is 4. The molecule has 0 unspecified atom stereocenters. The van der Waals surface area contributed by atoms with Gasteiger partial charge in [-0.05, 0) is 36.5 Å². The molecule has 0 N–H and O–H groups in total. The van der Waals surface area contributed by atoms with Gasteiger partial charge in [0.15, 0.2) is 0 Å². The van der Waals surface area contributed by atoms with E-state index in [1.165, 1.54) is 18.4 Å². The van der Waals surface area contributed by atoms with Crippen molar-refractivity contribution in [3.05, 3.63) is 22.4 Å². The van der Waals surface area contributed by atoms with Gasteiger partial charge in [-0.3, -0.25) is 0 Å². The Morgan fingerprint density at radius 1 is 1.25 bits per heavy atom. The predicted molar refractivity (Wildman–Crippen MR) is 57.9 cm³/mol. The van der Waals surface area contributed by atoms with Crippen LogP contribution in [0.2, 0.25) is 13.1 Å². The van der Waals surface area contributed by atoms with Gasteiger partial charge in [-0.1, -0.05) is 32.1 Å². The molecule has 1 radical (unpaired) electrons. The minimum Gasteiger partial charge on any atom is -0.0769 e. The van der Waals surface area contributed by atoms with Gasteiger partial charge >= 0.3 is 0 Å². The lowest BCUT2D eigenvalue weighted by Gasteiger charge is -2.10. The normalized spacial score (nSPS) is 17.6. The zero-order chi connectivity index (χ0) is 9.14. The van der Waals surface area contributed by atoms with Gasteiger partial charge in [0.25, 0.3) is 0 Å². The third-order valence-electron chi connectivity index (χ3n) is 2.65. The van der Waals surface area contributed by atoms with E-state index in [1.54, 1.807) is 10.8 Å². The molecule has 67 valence electrons. The van der Waals surface area contributed by atoms with Crippen LogP contribution >= 0.6 is 0 Å². The van der Waals surface area contributed by atoms with Crippen LogP contribution in [0.15, 0.2) is 16.3 Å². The van der Waals surface area contributed by atoms with E-state index in [4.69, 9.17) is 0 Å². The maximum absolute atomic E-state index is 3.52. The summed E-state index contributed by atoms with van der Waals surface area (Å²) >= 11 is 0. The second kappa shape index (κ2) is 4.08. The lowest BCUT2D eigenvalue weighted by atomic mass is 10.1. The van der Waals surface area contributed by atoms with Gasteiger partial charge in [0.2, 0.25) is 0 Å². The lowest BCUT2D eigenvalue weighted by Crippen LogP contribution is -2.06. The predicted octanol–water partition coefficient (Wildman–Crippen LogP) is 3.26. The molecule has 0 saturated carbocycles. The highest BCUT2D eigenvalue weighted by atomic mass is 28.3. The number of rotatable bonds is 3. The van der Waals surface area contributed by atoms with Crippen LogP contribution in [0.5, 0.6) is 0 Å². The number of hydrogen-bond acceptors (Lipinski definition) is 0. The average Bonchev–Trinajstić information content (AvgIpc) is 2.46. The minimum atomic E-state index is -0.555. The minimum absolute atomic E-state index is 0.555. The van der Waals surface area contributed by atoms with Crippen LogP contribution in [0.3, 0.4) is 0 Å². The summed E-state index contributed by atoms with van der Waals surface area (Å²) in [5, 5.41) is 1.76. The smallest absolute Gasteiger partial charge is 0.0603 e. The summed E-state index contributed by atoms with van der Waals surface area (Å²) < 4.78 is 0. The van der Waals surface area contributed by atoms with Crippen molar-refractivity contribution in [3.63, 3.8) is 0 Å². The van der Waals surface area contributed by atoms with Crippen LogP contribution in [0.1, 0.15) is 33.1 Å². The molecule has 0 bridgehead atoms. The quantitative estimate of drug-likeness (QED) is 0.583. The third-order valence-corrected chi connectivity index (χ3v) is 4.59. The van der Waals surface area contributed by atoms with E-state index in [2.05, 4.69) is 33.0 Å². The van der Waals surface area contributed by atoms with Gasteiger partial charge in [0.1, 0.15) is 0 Å². The van der Waals surface area contributed by atoms with Crippen LogP contribution in [-0.4, -0.2) is 8.80 Å². The van der Waals surface area contributed by atoms with E-state index in [9.17, 15) is 0 Å². The van der Waals surface area contributed by atoms with E-state index >= 15 is 0 Å². The van der Waals surface area contributed by atoms with Crippen molar-refractivity contribution in [2.75, 3.05) is 0 Å². The summed E-state index contributed by atoms with van der Waals surface area (Å²) in [5.41, 5.74) is 3.16. The Balaban J connectivity index is 2.87. The fourth-order valence-electron chi connectivity index (χ4n) is 1.94. The van der Waals surface area contributed by atoms with Crippen molar-refractivity contribution in [2.45, 2.75) is 46.2 Å². The summed E-state index contributed by atoms with van der Waals surface area (Å²) in [6.45, 7) is 9.36. The largest absolute Gasteiger partial charge is 0.0769 e. The molecule has 0 aromatic carbocycles.